The Morgan fingerprint density at radius 2 is 1.81 bits per heavy atom. The third-order valence-corrected chi connectivity index (χ3v) is 5.52. The first kappa shape index (κ1) is 21.0. The normalized spacial score (nSPS) is 22.2. The van der Waals surface area contributed by atoms with Gasteiger partial charge >= 0.3 is 0 Å². The second-order valence-corrected chi connectivity index (χ2v) is 8.22. The number of amides is 3. The minimum absolute atomic E-state index is 0.116. The number of carbonyl (C=O) groups is 3. The molecule has 3 amide bonds. The second kappa shape index (κ2) is 8.85. The average Bonchev–Trinajstić information content (AvgIpc) is 2.73. The molecule has 1 aromatic carbocycles. The number of ether oxygens (including phenoxy) is 1. The molecule has 31 heavy (non-hydrogen) atoms. The van der Waals surface area contributed by atoms with E-state index < -0.39 is 0 Å². The lowest BCUT2D eigenvalue weighted by Gasteiger charge is -2.36. The summed E-state index contributed by atoms with van der Waals surface area (Å²) >= 11 is 0. The van der Waals surface area contributed by atoms with Crippen molar-refractivity contribution in [3.63, 3.8) is 0 Å². The van der Waals surface area contributed by atoms with Gasteiger partial charge in [-0.15, -0.1) is 0 Å². The summed E-state index contributed by atoms with van der Waals surface area (Å²) in [5, 5.41) is 5.20. The van der Waals surface area contributed by atoms with Gasteiger partial charge in [-0.05, 0) is 43.7 Å². The van der Waals surface area contributed by atoms with Crippen molar-refractivity contribution in [2.45, 2.75) is 44.8 Å². The molecule has 2 N–H and O–H groups in total. The van der Waals surface area contributed by atoms with Crippen molar-refractivity contribution in [1.82, 2.24) is 10.3 Å². The van der Waals surface area contributed by atoms with Gasteiger partial charge in [-0.1, -0.05) is 12.1 Å². The summed E-state index contributed by atoms with van der Waals surface area (Å²) in [6.07, 6.45) is 2.38. The van der Waals surface area contributed by atoms with E-state index in [4.69, 9.17) is 4.74 Å². The summed E-state index contributed by atoms with van der Waals surface area (Å²) in [5.74, 6) is -1.05. The first-order valence-electron chi connectivity index (χ1n) is 10.5. The van der Waals surface area contributed by atoms with Crippen LogP contribution >= 0.6 is 0 Å². The van der Waals surface area contributed by atoms with E-state index in [1.54, 1.807) is 18.3 Å². The Morgan fingerprint density at radius 1 is 1.10 bits per heavy atom. The summed E-state index contributed by atoms with van der Waals surface area (Å²) in [4.78, 5) is 42.6. The van der Waals surface area contributed by atoms with Gasteiger partial charge in [0.15, 0.2) is 0 Å². The molecule has 3 heterocycles. The molecule has 8 nitrogen and oxygen atoms in total. The number of piperidine rings is 1. The van der Waals surface area contributed by atoms with E-state index in [-0.39, 0.29) is 48.7 Å². The van der Waals surface area contributed by atoms with Crippen LogP contribution in [-0.2, 0) is 14.3 Å². The summed E-state index contributed by atoms with van der Waals surface area (Å²) < 4.78 is 5.79. The van der Waals surface area contributed by atoms with E-state index in [2.05, 4.69) is 20.5 Å². The van der Waals surface area contributed by atoms with E-state index in [1.807, 2.05) is 38.1 Å². The van der Waals surface area contributed by atoms with Gasteiger partial charge in [0.05, 0.1) is 12.2 Å². The molecule has 4 rings (SSSR count). The smallest absolute Gasteiger partial charge is 0.274 e. The number of carbonyl (C=O) groups excluding carboxylic acids is 3. The highest BCUT2D eigenvalue weighted by molar-refractivity contribution is 6.03. The van der Waals surface area contributed by atoms with Crippen molar-refractivity contribution in [3.8, 4) is 0 Å². The summed E-state index contributed by atoms with van der Waals surface area (Å²) in [6, 6.07) is 10.9. The zero-order valence-corrected chi connectivity index (χ0v) is 17.6. The fraction of sp³-hybridized carbons (Fsp3) is 0.391. The predicted octanol–water partition coefficient (Wildman–Crippen LogP) is 2.47. The first-order chi connectivity index (χ1) is 14.9. The maximum absolute atomic E-state index is 12.8. The van der Waals surface area contributed by atoms with E-state index in [1.165, 1.54) is 0 Å². The van der Waals surface area contributed by atoms with Gasteiger partial charge in [0.25, 0.3) is 5.91 Å². The summed E-state index contributed by atoms with van der Waals surface area (Å²) in [5.41, 5.74) is 2.70. The van der Waals surface area contributed by atoms with Crippen LogP contribution in [0.1, 0.15) is 48.7 Å². The Bertz CT molecular complexity index is 983. The van der Waals surface area contributed by atoms with Crippen LogP contribution in [0.4, 0.5) is 11.4 Å². The lowest BCUT2D eigenvalue weighted by Crippen LogP contribution is -2.45. The largest absolute Gasteiger partial charge is 0.372 e. The molecular weight excluding hydrogens is 396 g/mol. The fourth-order valence-electron chi connectivity index (χ4n) is 4.21. The Balaban J connectivity index is 1.47. The van der Waals surface area contributed by atoms with Crippen LogP contribution in [0.2, 0.25) is 0 Å². The van der Waals surface area contributed by atoms with E-state index in [0.717, 1.165) is 24.3 Å². The van der Waals surface area contributed by atoms with Crippen molar-refractivity contribution in [1.29, 1.82) is 0 Å². The minimum atomic E-state index is -0.314. The predicted molar refractivity (Wildman–Crippen MR) is 116 cm³/mol. The first-order valence-corrected chi connectivity index (χ1v) is 10.5. The van der Waals surface area contributed by atoms with Gasteiger partial charge in [-0.2, -0.15) is 0 Å². The zero-order chi connectivity index (χ0) is 22.0. The van der Waals surface area contributed by atoms with Crippen molar-refractivity contribution in [3.05, 3.63) is 53.9 Å². The van der Waals surface area contributed by atoms with Gasteiger partial charge in [-0.3, -0.25) is 24.7 Å². The van der Waals surface area contributed by atoms with Crippen LogP contribution in [0.15, 0.2) is 42.6 Å². The highest BCUT2D eigenvalue weighted by Crippen LogP contribution is 2.28. The number of benzene rings is 1. The lowest BCUT2D eigenvalue weighted by molar-refractivity contribution is -0.133. The summed E-state index contributed by atoms with van der Waals surface area (Å²) in [7, 11) is 0. The average molecular weight is 422 g/mol. The molecule has 2 fully saturated rings. The molecule has 0 bridgehead atoms. The van der Waals surface area contributed by atoms with Crippen LogP contribution < -0.4 is 15.5 Å². The van der Waals surface area contributed by atoms with Gasteiger partial charge in [-0.25, -0.2) is 0 Å². The van der Waals surface area contributed by atoms with Gasteiger partial charge in [0, 0.05) is 49.4 Å². The molecule has 2 aliphatic rings. The number of nitrogens with one attached hydrogen (secondary N) is 2. The fourth-order valence-corrected chi connectivity index (χ4v) is 4.21. The van der Waals surface area contributed by atoms with Crippen LogP contribution in [0.3, 0.4) is 0 Å². The van der Waals surface area contributed by atoms with Crippen LogP contribution in [-0.4, -0.2) is 48.0 Å². The Kier molecular flexibility index (Phi) is 5.99. The van der Waals surface area contributed by atoms with Gasteiger partial charge in [0.1, 0.15) is 5.69 Å². The Hall–Kier alpha value is -3.26. The number of imide groups is 1. The molecule has 0 aliphatic carbocycles. The van der Waals surface area contributed by atoms with E-state index >= 15 is 0 Å². The molecule has 2 aliphatic heterocycles. The number of hydrogen-bond donors (Lipinski definition) is 2. The number of pyridine rings is 1. The molecule has 2 unspecified atom stereocenters. The molecule has 8 heteroatoms. The Labute approximate surface area is 181 Å². The molecule has 162 valence electrons. The standard InChI is InChI=1S/C23H26N4O4/c1-14-12-27(13-15(2)31-14)19-6-7-24-20(11-19)23(30)25-18-5-3-4-16(8-18)17-9-21(28)26-22(29)10-17/h3-8,11,14-15,17H,9-10,12-13H2,1-2H3,(H,25,30)(H,26,28,29). The quantitative estimate of drug-likeness (QED) is 0.734. The molecule has 0 saturated carbocycles. The topological polar surface area (TPSA) is 101 Å². The SMILES string of the molecule is CC1CN(c2ccnc(C(=O)Nc3cccc(C4CC(=O)NC(=O)C4)c3)c2)CC(C)O1. The lowest BCUT2D eigenvalue weighted by atomic mass is 9.89. The van der Waals surface area contributed by atoms with Crippen molar-refractivity contribution in [2.24, 2.45) is 0 Å². The van der Waals surface area contributed by atoms with Crippen molar-refractivity contribution >= 4 is 29.1 Å². The van der Waals surface area contributed by atoms with Gasteiger partial charge in [0.2, 0.25) is 11.8 Å². The minimum Gasteiger partial charge on any atom is -0.372 e. The highest BCUT2D eigenvalue weighted by Gasteiger charge is 2.26. The van der Waals surface area contributed by atoms with Crippen LogP contribution in [0.25, 0.3) is 0 Å². The number of rotatable bonds is 4. The van der Waals surface area contributed by atoms with Crippen LogP contribution in [0, 0.1) is 0 Å². The number of anilines is 2. The van der Waals surface area contributed by atoms with Gasteiger partial charge < -0.3 is 15.0 Å². The maximum atomic E-state index is 12.8. The monoisotopic (exact) mass is 422 g/mol. The molecule has 2 saturated heterocycles. The van der Waals surface area contributed by atoms with Crippen LogP contribution in [0.5, 0.6) is 0 Å². The molecule has 1 aromatic heterocycles. The van der Waals surface area contributed by atoms with Crippen molar-refractivity contribution < 1.29 is 19.1 Å². The Morgan fingerprint density at radius 3 is 2.52 bits per heavy atom. The number of morpholine rings is 1. The third-order valence-electron chi connectivity index (χ3n) is 5.52. The second-order valence-electron chi connectivity index (χ2n) is 8.22. The van der Waals surface area contributed by atoms with Crippen molar-refractivity contribution in [2.75, 3.05) is 23.3 Å². The molecule has 0 spiro atoms. The number of hydrogen-bond acceptors (Lipinski definition) is 6. The number of aromatic nitrogens is 1. The highest BCUT2D eigenvalue weighted by atomic mass is 16.5. The molecular formula is C23H26N4O4. The van der Waals surface area contributed by atoms with E-state index in [0.29, 0.717) is 11.4 Å². The third kappa shape index (κ3) is 5.08. The molecule has 2 aromatic rings. The summed E-state index contributed by atoms with van der Waals surface area (Å²) in [6.45, 7) is 5.58. The maximum Gasteiger partial charge on any atom is 0.274 e. The molecule has 0 radical (unpaired) electrons. The van der Waals surface area contributed by atoms with E-state index in [9.17, 15) is 14.4 Å². The number of nitrogens with zero attached hydrogens (tertiary/aromatic N) is 2. The zero-order valence-electron chi connectivity index (χ0n) is 17.6. The molecule has 2 atom stereocenters.